The summed E-state index contributed by atoms with van der Waals surface area (Å²) in [5.41, 5.74) is 1.11. The van der Waals surface area contributed by atoms with Gasteiger partial charge in [-0.15, -0.1) is 11.3 Å². The van der Waals surface area contributed by atoms with Crippen LogP contribution in [0.1, 0.15) is 49.9 Å². The van der Waals surface area contributed by atoms with Gasteiger partial charge in [-0.3, -0.25) is 4.79 Å². The average molecular weight is 293 g/mol. The van der Waals surface area contributed by atoms with Gasteiger partial charge in [0.05, 0.1) is 11.9 Å². The summed E-state index contributed by atoms with van der Waals surface area (Å²) in [4.78, 5) is 21.7. The Bertz CT molecular complexity index is 668. The Kier molecular flexibility index (Phi) is 4.30. The lowest BCUT2D eigenvalue weighted by atomic mass is 9.96. The van der Waals surface area contributed by atoms with E-state index in [-0.39, 0.29) is 11.1 Å². The zero-order valence-corrected chi connectivity index (χ0v) is 13.7. The summed E-state index contributed by atoms with van der Waals surface area (Å²) in [6.45, 7) is 11.1. The molecule has 0 saturated carbocycles. The Balaban J connectivity index is 2.31. The first-order valence-corrected chi connectivity index (χ1v) is 7.95. The van der Waals surface area contributed by atoms with Crippen LogP contribution in [-0.4, -0.2) is 15.5 Å². The zero-order chi connectivity index (χ0) is 14.9. The van der Waals surface area contributed by atoms with E-state index >= 15 is 0 Å². The number of H-pyrrole nitrogens is 1. The Morgan fingerprint density at radius 1 is 1.30 bits per heavy atom. The Labute approximate surface area is 123 Å². The number of aromatic nitrogens is 2. The molecule has 0 radical (unpaired) electrons. The first-order valence-electron chi connectivity index (χ1n) is 7.14. The van der Waals surface area contributed by atoms with Crippen molar-refractivity contribution in [2.45, 2.75) is 59.5 Å². The molecule has 20 heavy (non-hydrogen) atoms. The molecule has 5 heteroatoms. The van der Waals surface area contributed by atoms with Gasteiger partial charge < -0.3 is 10.3 Å². The molecule has 2 aromatic heterocycles. The van der Waals surface area contributed by atoms with Crippen molar-refractivity contribution in [3.05, 3.63) is 26.6 Å². The summed E-state index contributed by atoms with van der Waals surface area (Å²) in [7, 11) is 0. The second-order valence-corrected chi connectivity index (χ2v) is 6.80. The lowest BCUT2D eigenvalue weighted by Crippen LogP contribution is -2.41. The van der Waals surface area contributed by atoms with Gasteiger partial charge in [-0.25, -0.2) is 4.98 Å². The summed E-state index contributed by atoms with van der Waals surface area (Å²) >= 11 is 1.59. The van der Waals surface area contributed by atoms with Crippen molar-refractivity contribution < 1.29 is 0 Å². The molecule has 0 aliphatic carbocycles. The van der Waals surface area contributed by atoms with Gasteiger partial charge in [0.1, 0.15) is 10.7 Å². The lowest BCUT2D eigenvalue weighted by molar-refractivity contribution is 0.326. The van der Waals surface area contributed by atoms with Gasteiger partial charge in [0.2, 0.25) is 0 Å². The first kappa shape index (κ1) is 15.2. The summed E-state index contributed by atoms with van der Waals surface area (Å²) < 4.78 is 0. The monoisotopic (exact) mass is 293 g/mol. The van der Waals surface area contributed by atoms with Crippen LogP contribution in [0, 0.1) is 13.8 Å². The van der Waals surface area contributed by atoms with Gasteiger partial charge in [-0.1, -0.05) is 13.8 Å². The second-order valence-electron chi connectivity index (χ2n) is 5.60. The van der Waals surface area contributed by atoms with E-state index in [1.165, 1.54) is 0 Å². The average Bonchev–Trinajstić information content (AvgIpc) is 2.72. The molecule has 0 saturated heterocycles. The maximum atomic E-state index is 12.2. The van der Waals surface area contributed by atoms with Crippen LogP contribution in [0.3, 0.4) is 0 Å². The smallest absolute Gasteiger partial charge is 0.259 e. The molecule has 0 unspecified atom stereocenters. The molecule has 0 aliphatic heterocycles. The van der Waals surface area contributed by atoms with Crippen LogP contribution in [0.2, 0.25) is 0 Å². The minimum absolute atomic E-state index is 0.0247. The van der Waals surface area contributed by atoms with Crippen LogP contribution in [0.4, 0.5) is 0 Å². The maximum Gasteiger partial charge on any atom is 0.259 e. The van der Waals surface area contributed by atoms with Crippen LogP contribution in [-0.2, 0) is 6.54 Å². The molecular weight excluding hydrogens is 270 g/mol. The molecule has 0 amide bonds. The van der Waals surface area contributed by atoms with E-state index in [4.69, 9.17) is 0 Å². The summed E-state index contributed by atoms with van der Waals surface area (Å²) in [5, 5.41) is 4.24. The van der Waals surface area contributed by atoms with Crippen molar-refractivity contribution in [3.63, 3.8) is 0 Å². The maximum absolute atomic E-state index is 12.2. The molecule has 0 aliphatic rings. The number of aryl methyl sites for hydroxylation is 2. The molecule has 0 bridgehead atoms. The van der Waals surface area contributed by atoms with Crippen LogP contribution in [0.15, 0.2) is 4.79 Å². The molecule has 2 N–H and O–H groups in total. The van der Waals surface area contributed by atoms with E-state index in [2.05, 4.69) is 36.1 Å². The van der Waals surface area contributed by atoms with E-state index in [0.717, 1.165) is 39.3 Å². The second kappa shape index (κ2) is 5.66. The fourth-order valence-corrected chi connectivity index (χ4v) is 3.23. The minimum atomic E-state index is -0.0247. The summed E-state index contributed by atoms with van der Waals surface area (Å²) in [6, 6.07) is 0. The van der Waals surface area contributed by atoms with Gasteiger partial charge in [0, 0.05) is 10.4 Å². The van der Waals surface area contributed by atoms with E-state index < -0.39 is 0 Å². The highest BCUT2D eigenvalue weighted by molar-refractivity contribution is 7.18. The fraction of sp³-hybridized carbons (Fsp3) is 0.600. The molecule has 2 aromatic rings. The minimum Gasteiger partial charge on any atom is -0.309 e. The number of nitrogens with one attached hydrogen (secondary N) is 2. The van der Waals surface area contributed by atoms with Crippen molar-refractivity contribution in [1.82, 2.24) is 15.3 Å². The predicted octanol–water partition coefficient (Wildman–Crippen LogP) is 3.27. The van der Waals surface area contributed by atoms with Crippen molar-refractivity contribution in [3.8, 4) is 0 Å². The van der Waals surface area contributed by atoms with Crippen LogP contribution < -0.4 is 10.9 Å². The van der Waals surface area contributed by atoms with E-state index in [9.17, 15) is 4.79 Å². The van der Waals surface area contributed by atoms with Crippen LogP contribution >= 0.6 is 11.3 Å². The van der Waals surface area contributed by atoms with Gasteiger partial charge in [0.15, 0.2) is 0 Å². The molecule has 2 rings (SSSR count). The number of nitrogens with zero attached hydrogens (tertiary/aromatic N) is 1. The van der Waals surface area contributed by atoms with Crippen molar-refractivity contribution in [1.29, 1.82) is 0 Å². The molecule has 0 spiro atoms. The third-order valence-electron chi connectivity index (χ3n) is 4.33. The first-order chi connectivity index (χ1) is 9.40. The largest absolute Gasteiger partial charge is 0.309 e. The number of hydrogen-bond donors (Lipinski definition) is 2. The Morgan fingerprint density at radius 2 is 1.95 bits per heavy atom. The third-order valence-corrected chi connectivity index (χ3v) is 5.43. The highest BCUT2D eigenvalue weighted by Gasteiger charge is 2.19. The lowest BCUT2D eigenvalue weighted by Gasteiger charge is -2.28. The number of aromatic amines is 1. The van der Waals surface area contributed by atoms with E-state index in [1.807, 2.05) is 13.8 Å². The van der Waals surface area contributed by atoms with E-state index in [0.29, 0.717) is 6.54 Å². The van der Waals surface area contributed by atoms with Crippen molar-refractivity contribution in [2.24, 2.45) is 0 Å². The number of thiophene rings is 1. The normalized spacial score (nSPS) is 12.2. The third kappa shape index (κ3) is 2.79. The number of rotatable bonds is 5. The molecule has 0 atom stereocenters. The van der Waals surface area contributed by atoms with Gasteiger partial charge in [0.25, 0.3) is 5.56 Å². The molecule has 110 valence electrons. The quantitative estimate of drug-likeness (QED) is 0.889. The summed E-state index contributed by atoms with van der Waals surface area (Å²) in [5.74, 6) is 0.719. The zero-order valence-electron chi connectivity index (χ0n) is 12.9. The topological polar surface area (TPSA) is 57.8 Å². The standard InChI is InChI=1S/C15H23N3OS/c1-6-15(5,7-2)16-8-11-17-13(19)12-9(3)10(4)20-14(12)18-11/h16H,6-8H2,1-5H3,(H,17,18,19). The highest BCUT2D eigenvalue weighted by Crippen LogP contribution is 2.25. The number of fused-ring (bicyclic) bond motifs is 1. The predicted molar refractivity (Wildman–Crippen MR) is 85.5 cm³/mol. The van der Waals surface area contributed by atoms with Crippen LogP contribution in [0.25, 0.3) is 10.2 Å². The van der Waals surface area contributed by atoms with Gasteiger partial charge >= 0.3 is 0 Å². The van der Waals surface area contributed by atoms with Gasteiger partial charge in [-0.2, -0.15) is 0 Å². The van der Waals surface area contributed by atoms with E-state index in [1.54, 1.807) is 11.3 Å². The summed E-state index contributed by atoms with van der Waals surface area (Å²) in [6.07, 6.45) is 2.10. The Hall–Kier alpha value is -1.20. The molecule has 2 heterocycles. The van der Waals surface area contributed by atoms with Gasteiger partial charge in [-0.05, 0) is 39.2 Å². The molecule has 0 aromatic carbocycles. The Morgan fingerprint density at radius 3 is 2.55 bits per heavy atom. The highest BCUT2D eigenvalue weighted by atomic mass is 32.1. The molecular formula is C15H23N3OS. The SMILES string of the molecule is CCC(C)(CC)NCc1nc2sc(C)c(C)c2c(=O)[nH]1. The molecule has 0 fully saturated rings. The number of hydrogen-bond acceptors (Lipinski definition) is 4. The van der Waals surface area contributed by atoms with Crippen molar-refractivity contribution >= 4 is 21.6 Å². The fourth-order valence-electron chi connectivity index (χ4n) is 2.18. The van der Waals surface area contributed by atoms with Crippen molar-refractivity contribution in [2.75, 3.05) is 0 Å². The van der Waals surface area contributed by atoms with Crippen LogP contribution in [0.5, 0.6) is 0 Å². The molecule has 4 nitrogen and oxygen atoms in total.